The highest BCUT2D eigenvalue weighted by atomic mass is 16.1. The van der Waals surface area contributed by atoms with Crippen LogP contribution in [0, 0.1) is 11.3 Å². The van der Waals surface area contributed by atoms with Gasteiger partial charge in [-0.05, 0) is 29.2 Å². The molecule has 1 aromatic rings. The SMILES string of the molecule is CCCc1ccccc1NC(=O)CC#N.c1cc2ccc1-2. The fourth-order valence-corrected chi connectivity index (χ4v) is 2.06. The van der Waals surface area contributed by atoms with E-state index in [1.165, 1.54) is 11.1 Å². The molecule has 0 fully saturated rings. The molecule has 2 aliphatic rings. The smallest absolute Gasteiger partial charge is 0.238 e. The fourth-order valence-electron chi connectivity index (χ4n) is 2.06. The highest BCUT2D eigenvalue weighted by molar-refractivity contribution is 5.92. The Balaban J connectivity index is 0.000000218. The molecule has 0 spiro atoms. The van der Waals surface area contributed by atoms with Gasteiger partial charge in [0, 0.05) is 5.69 Å². The van der Waals surface area contributed by atoms with Crippen LogP contribution in [0.2, 0.25) is 0 Å². The van der Waals surface area contributed by atoms with E-state index in [-0.39, 0.29) is 12.3 Å². The molecule has 0 atom stereocenters. The quantitative estimate of drug-likeness (QED) is 0.779. The molecule has 0 radical (unpaired) electrons. The molecule has 3 rings (SSSR count). The largest absolute Gasteiger partial charge is 0.325 e. The van der Waals surface area contributed by atoms with Crippen LogP contribution in [0.15, 0.2) is 48.5 Å². The summed E-state index contributed by atoms with van der Waals surface area (Å²) in [5, 5.41) is 11.1. The Morgan fingerprint density at radius 2 is 1.71 bits per heavy atom. The van der Waals surface area contributed by atoms with Crippen molar-refractivity contribution in [3.8, 4) is 17.2 Å². The Morgan fingerprint density at radius 1 is 1.10 bits per heavy atom. The number of amides is 1. The van der Waals surface area contributed by atoms with Crippen LogP contribution in [-0.4, -0.2) is 5.91 Å². The maximum Gasteiger partial charge on any atom is 0.238 e. The van der Waals surface area contributed by atoms with Crippen molar-refractivity contribution in [1.29, 1.82) is 5.26 Å². The first-order valence-electron chi connectivity index (χ1n) is 7.09. The van der Waals surface area contributed by atoms with Crippen molar-refractivity contribution in [2.45, 2.75) is 26.2 Å². The molecule has 2 aliphatic carbocycles. The topological polar surface area (TPSA) is 52.9 Å². The van der Waals surface area contributed by atoms with Gasteiger partial charge in [0.25, 0.3) is 0 Å². The third kappa shape index (κ3) is 3.93. The summed E-state index contributed by atoms with van der Waals surface area (Å²) >= 11 is 0. The van der Waals surface area contributed by atoms with Gasteiger partial charge in [0.2, 0.25) is 5.91 Å². The van der Waals surface area contributed by atoms with E-state index in [2.05, 4.69) is 36.5 Å². The normalized spacial score (nSPS) is 9.90. The molecule has 1 amide bonds. The van der Waals surface area contributed by atoms with Gasteiger partial charge in [-0.25, -0.2) is 0 Å². The van der Waals surface area contributed by atoms with Crippen molar-refractivity contribution in [1.82, 2.24) is 0 Å². The molecule has 1 N–H and O–H groups in total. The minimum atomic E-state index is -0.249. The molecule has 0 unspecified atom stereocenters. The van der Waals surface area contributed by atoms with Crippen LogP contribution in [-0.2, 0) is 11.2 Å². The first-order chi connectivity index (χ1) is 10.2. The number of carbonyl (C=O) groups excluding carboxylic acids is 1. The van der Waals surface area contributed by atoms with Crippen LogP contribution in [0.4, 0.5) is 5.69 Å². The number of nitrogens with one attached hydrogen (secondary N) is 1. The van der Waals surface area contributed by atoms with E-state index in [4.69, 9.17) is 5.26 Å². The molecule has 0 saturated heterocycles. The lowest BCUT2D eigenvalue weighted by molar-refractivity contribution is -0.115. The van der Waals surface area contributed by atoms with E-state index in [1.807, 2.05) is 30.3 Å². The van der Waals surface area contributed by atoms with E-state index in [0.717, 1.165) is 24.1 Å². The van der Waals surface area contributed by atoms with Gasteiger partial charge in [-0.3, -0.25) is 4.79 Å². The lowest BCUT2D eigenvalue weighted by Crippen LogP contribution is -2.11. The molecule has 21 heavy (non-hydrogen) atoms. The Kier molecular flexibility index (Phi) is 5.11. The number of nitrogens with zero attached hydrogens (tertiary/aromatic N) is 1. The summed E-state index contributed by atoms with van der Waals surface area (Å²) in [5.74, 6) is -0.249. The lowest BCUT2D eigenvalue weighted by atomic mass is 9.95. The zero-order chi connectivity index (χ0) is 15.1. The number of hydrogen-bond donors (Lipinski definition) is 1. The number of rotatable bonds is 4. The summed E-state index contributed by atoms with van der Waals surface area (Å²) < 4.78 is 0. The van der Waals surface area contributed by atoms with Crippen LogP contribution in [0.5, 0.6) is 0 Å². The Labute approximate surface area is 125 Å². The van der Waals surface area contributed by atoms with E-state index in [1.54, 1.807) is 0 Å². The molecule has 1 aromatic carbocycles. The number of carbonyl (C=O) groups is 1. The van der Waals surface area contributed by atoms with E-state index < -0.39 is 0 Å². The van der Waals surface area contributed by atoms with Crippen molar-refractivity contribution < 1.29 is 4.79 Å². The lowest BCUT2D eigenvalue weighted by Gasteiger charge is -2.10. The minimum absolute atomic E-state index is 0.0968. The van der Waals surface area contributed by atoms with Gasteiger partial charge < -0.3 is 5.32 Å². The van der Waals surface area contributed by atoms with Crippen LogP contribution in [0.1, 0.15) is 25.3 Å². The molecular weight excluding hydrogens is 260 g/mol. The minimum Gasteiger partial charge on any atom is -0.325 e. The fraction of sp³-hybridized carbons (Fsp3) is 0.222. The molecule has 3 nitrogen and oxygen atoms in total. The summed E-state index contributed by atoms with van der Waals surface area (Å²) in [6, 6.07) is 18.0. The summed E-state index contributed by atoms with van der Waals surface area (Å²) in [5.41, 5.74) is 4.79. The van der Waals surface area contributed by atoms with Gasteiger partial charge >= 0.3 is 0 Å². The number of fused-ring (bicyclic) bond motifs is 1. The number of anilines is 1. The average Bonchev–Trinajstić information content (AvgIpc) is 2.46. The molecule has 3 heteroatoms. The number of nitriles is 1. The van der Waals surface area contributed by atoms with Gasteiger partial charge in [-0.2, -0.15) is 5.26 Å². The van der Waals surface area contributed by atoms with Crippen LogP contribution in [0.3, 0.4) is 0 Å². The average molecular weight is 278 g/mol. The molecule has 0 saturated carbocycles. The summed E-state index contributed by atoms with van der Waals surface area (Å²) in [4.78, 5) is 11.2. The van der Waals surface area contributed by atoms with Gasteiger partial charge in [0.1, 0.15) is 6.42 Å². The third-order valence-electron chi connectivity index (χ3n) is 3.27. The van der Waals surface area contributed by atoms with Crippen molar-refractivity contribution in [2.75, 3.05) is 5.32 Å². The van der Waals surface area contributed by atoms with Crippen molar-refractivity contribution in [3.63, 3.8) is 0 Å². The molecule has 0 aliphatic heterocycles. The van der Waals surface area contributed by atoms with Gasteiger partial charge in [-0.15, -0.1) is 0 Å². The second kappa shape index (κ2) is 7.25. The third-order valence-corrected chi connectivity index (χ3v) is 3.27. The highest BCUT2D eigenvalue weighted by Crippen LogP contribution is 2.29. The number of para-hydroxylation sites is 1. The van der Waals surface area contributed by atoms with Crippen molar-refractivity contribution >= 4 is 11.6 Å². The highest BCUT2D eigenvalue weighted by Gasteiger charge is 2.05. The Bertz CT molecular complexity index is 633. The Morgan fingerprint density at radius 3 is 2.19 bits per heavy atom. The number of aryl methyl sites for hydroxylation is 1. The second-order valence-corrected chi connectivity index (χ2v) is 4.87. The van der Waals surface area contributed by atoms with Crippen LogP contribution in [0.25, 0.3) is 11.1 Å². The second-order valence-electron chi connectivity index (χ2n) is 4.87. The van der Waals surface area contributed by atoms with E-state index >= 15 is 0 Å². The molecular formula is C18H18N2O. The maximum atomic E-state index is 11.2. The zero-order valence-corrected chi connectivity index (χ0v) is 12.1. The van der Waals surface area contributed by atoms with Gasteiger partial charge in [-0.1, -0.05) is 55.8 Å². The van der Waals surface area contributed by atoms with Gasteiger partial charge in [0.15, 0.2) is 0 Å². The van der Waals surface area contributed by atoms with Crippen LogP contribution >= 0.6 is 0 Å². The monoisotopic (exact) mass is 278 g/mol. The first kappa shape index (κ1) is 14.8. The van der Waals surface area contributed by atoms with Crippen molar-refractivity contribution in [2.24, 2.45) is 0 Å². The van der Waals surface area contributed by atoms with E-state index in [9.17, 15) is 4.79 Å². The predicted molar refractivity (Wildman–Crippen MR) is 84.7 cm³/mol. The number of hydrogen-bond acceptors (Lipinski definition) is 2. The molecule has 0 heterocycles. The number of benzene rings is 2. The summed E-state index contributed by atoms with van der Waals surface area (Å²) in [7, 11) is 0. The molecule has 106 valence electrons. The zero-order valence-electron chi connectivity index (χ0n) is 12.1. The van der Waals surface area contributed by atoms with Crippen LogP contribution < -0.4 is 5.32 Å². The summed E-state index contributed by atoms with van der Waals surface area (Å²) in [6.45, 7) is 2.09. The molecule has 0 bridgehead atoms. The predicted octanol–water partition coefficient (Wildman–Crippen LogP) is 4.16. The maximum absolute atomic E-state index is 11.2. The van der Waals surface area contributed by atoms with Gasteiger partial charge in [0.05, 0.1) is 6.07 Å². The Hall–Kier alpha value is -2.60. The standard InChI is InChI=1S/C12H14N2O.C6H4/c1-2-5-10-6-3-4-7-11(10)14-12(15)8-9-13;1-2-6-4-3-5(1)6/h3-4,6-7H,2,5,8H2,1H3,(H,14,15);1-4H. The first-order valence-corrected chi connectivity index (χ1v) is 7.09. The molecule has 0 aromatic heterocycles. The van der Waals surface area contributed by atoms with E-state index in [0.29, 0.717) is 0 Å². The summed E-state index contributed by atoms with van der Waals surface area (Å²) in [6.07, 6.45) is 1.87. The van der Waals surface area contributed by atoms with Crippen molar-refractivity contribution in [3.05, 3.63) is 54.1 Å².